The lowest BCUT2D eigenvalue weighted by Crippen LogP contribution is -2.29. The van der Waals surface area contributed by atoms with E-state index in [1.54, 1.807) is 12.1 Å². The van der Waals surface area contributed by atoms with Gasteiger partial charge in [-0.1, -0.05) is 12.1 Å². The van der Waals surface area contributed by atoms with E-state index in [-0.39, 0.29) is 0 Å². The van der Waals surface area contributed by atoms with Crippen LogP contribution in [-0.2, 0) is 19.4 Å². The van der Waals surface area contributed by atoms with Gasteiger partial charge in [0.1, 0.15) is 0 Å². The van der Waals surface area contributed by atoms with E-state index in [2.05, 4.69) is 15.0 Å². The fourth-order valence-electron chi connectivity index (χ4n) is 2.64. The monoisotopic (exact) mass is 287 g/mol. The molecule has 0 fully saturated rings. The summed E-state index contributed by atoms with van der Waals surface area (Å²) in [6, 6.07) is 5.28. The zero-order chi connectivity index (χ0) is 14.8. The van der Waals surface area contributed by atoms with Crippen LogP contribution in [0, 0.1) is 0 Å². The topological polar surface area (TPSA) is 79.5 Å². The van der Waals surface area contributed by atoms with Gasteiger partial charge in [0.15, 0.2) is 5.82 Å². The Hall–Kier alpha value is -2.37. The molecule has 1 aliphatic heterocycles. The fraction of sp³-hybridized carbons (Fsp3) is 0.400. The molecule has 1 aliphatic rings. The molecule has 110 valence electrons. The number of rotatable bonds is 4. The summed E-state index contributed by atoms with van der Waals surface area (Å²) in [7, 11) is 0. The molecular weight excluding hydrogens is 270 g/mol. The molecule has 1 aromatic heterocycles. The van der Waals surface area contributed by atoms with Crippen molar-refractivity contribution >= 4 is 11.7 Å². The van der Waals surface area contributed by atoms with Crippen LogP contribution in [0.15, 0.2) is 22.7 Å². The van der Waals surface area contributed by atoms with E-state index in [0.29, 0.717) is 23.8 Å². The first-order valence-electron chi connectivity index (χ1n) is 7.10. The number of aromatic carboxylic acids is 1. The summed E-state index contributed by atoms with van der Waals surface area (Å²) in [4.78, 5) is 17.6. The van der Waals surface area contributed by atoms with E-state index in [4.69, 9.17) is 9.63 Å². The summed E-state index contributed by atoms with van der Waals surface area (Å²) >= 11 is 0. The molecule has 0 aliphatic carbocycles. The maximum atomic E-state index is 11.0. The van der Waals surface area contributed by atoms with Gasteiger partial charge >= 0.3 is 5.97 Å². The maximum Gasteiger partial charge on any atom is 0.335 e. The van der Waals surface area contributed by atoms with Gasteiger partial charge in [0, 0.05) is 18.7 Å². The number of fused-ring (bicyclic) bond motifs is 1. The molecule has 0 spiro atoms. The van der Waals surface area contributed by atoms with Crippen LogP contribution in [0.2, 0.25) is 0 Å². The summed E-state index contributed by atoms with van der Waals surface area (Å²) in [6.07, 6.45) is 2.62. The minimum absolute atomic E-state index is 0.337. The molecule has 0 amide bonds. The van der Waals surface area contributed by atoms with Gasteiger partial charge in [-0.05, 0) is 36.6 Å². The number of aromatic nitrogens is 2. The SMILES string of the molecule is CCc1nc(CN2CCCc3cc(C(=O)O)ccc32)no1. The molecule has 0 bridgehead atoms. The standard InChI is InChI=1S/C15H17N3O3/c1-2-14-16-13(17-21-14)9-18-7-3-4-10-8-11(15(19)20)5-6-12(10)18/h5-6,8H,2-4,7,9H2,1H3,(H,19,20). The lowest BCUT2D eigenvalue weighted by atomic mass is 9.99. The van der Waals surface area contributed by atoms with E-state index < -0.39 is 5.97 Å². The van der Waals surface area contributed by atoms with Crippen molar-refractivity contribution in [2.45, 2.75) is 32.7 Å². The quantitative estimate of drug-likeness (QED) is 0.929. The van der Waals surface area contributed by atoms with Crippen molar-refractivity contribution in [3.63, 3.8) is 0 Å². The first-order valence-corrected chi connectivity index (χ1v) is 7.10. The van der Waals surface area contributed by atoms with Crippen molar-refractivity contribution in [1.29, 1.82) is 0 Å². The van der Waals surface area contributed by atoms with Crippen LogP contribution < -0.4 is 4.90 Å². The van der Waals surface area contributed by atoms with Crippen LogP contribution in [0.4, 0.5) is 5.69 Å². The number of hydrogen-bond acceptors (Lipinski definition) is 5. The highest BCUT2D eigenvalue weighted by Gasteiger charge is 2.20. The Balaban J connectivity index is 1.84. The third-order valence-electron chi connectivity index (χ3n) is 3.69. The molecule has 0 unspecified atom stereocenters. The Kier molecular flexibility index (Phi) is 3.60. The van der Waals surface area contributed by atoms with Crippen LogP contribution in [0.3, 0.4) is 0 Å². The lowest BCUT2D eigenvalue weighted by molar-refractivity contribution is 0.0696. The smallest absolute Gasteiger partial charge is 0.335 e. The van der Waals surface area contributed by atoms with Crippen LogP contribution in [0.25, 0.3) is 0 Å². The number of benzene rings is 1. The number of anilines is 1. The average molecular weight is 287 g/mol. The summed E-state index contributed by atoms with van der Waals surface area (Å²) in [6.45, 7) is 3.47. The molecule has 0 radical (unpaired) electrons. The molecule has 1 aromatic carbocycles. The largest absolute Gasteiger partial charge is 0.478 e. The molecule has 1 N–H and O–H groups in total. The minimum Gasteiger partial charge on any atom is -0.478 e. The summed E-state index contributed by atoms with van der Waals surface area (Å²) < 4.78 is 5.13. The van der Waals surface area contributed by atoms with Gasteiger partial charge in [-0.2, -0.15) is 4.98 Å². The van der Waals surface area contributed by atoms with Crippen molar-refractivity contribution in [2.24, 2.45) is 0 Å². The third-order valence-corrected chi connectivity index (χ3v) is 3.69. The molecule has 0 saturated heterocycles. The highest BCUT2D eigenvalue weighted by atomic mass is 16.5. The van der Waals surface area contributed by atoms with Crippen molar-refractivity contribution in [1.82, 2.24) is 10.1 Å². The molecule has 0 saturated carbocycles. The summed E-state index contributed by atoms with van der Waals surface area (Å²) in [5.74, 6) is 0.422. The molecule has 0 atom stereocenters. The molecule has 21 heavy (non-hydrogen) atoms. The van der Waals surface area contributed by atoms with Crippen LogP contribution >= 0.6 is 0 Å². The number of hydrogen-bond donors (Lipinski definition) is 1. The first kappa shape index (κ1) is 13.6. The molecule has 2 heterocycles. The number of aryl methyl sites for hydroxylation is 2. The summed E-state index contributed by atoms with van der Waals surface area (Å²) in [5, 5.41) is 13.0. The zero-order valence-electron chi connectivity index (χ0n) is 11.9. The second kappa shape index (κ2) is 5.55. The predicted octanol–water partition coefficient (Wildman–Crippen LogP) is 2.28. The number of carboxylic acids is 1. The van der Waals surface area contributed by atoms with Crippen molar-refractivity contribution in [3.8, 4) is 0 Å². The van der Waals surface area contributed by atoms with E-state index in [1.165, 1.54) is 0 Å². The number of nitrogens with zero attached hydrogens (tertiary/aromatic N) is 3. The minimum atomic E-state index is -0.888. The van der Waals surface area contributed by atoms with Gasteiger partial charge in [0.05, 0.1) is 12.1 Å². The van der Waals surface area contributed by atoms with Crippen molar-refractivity contribution in [3.05, 3.63) is 41.0 Å². The van der Waals surface area contributed by atoms with Crippen LogP contribution in [0.1, 0.15) is 41.0 Å². The third kappa shape index (κ3) is 2.74. The molecular formula is C15H17N3O3. The zero-order valence-corrected chi connectivity index (χ0v) is 11.9. The Morgan fingerprint density at radius 1 is 1.48 bits per heavy atom. The average Bonchev–Trinajstić information content (AvgIpc) is 2.94. The van der Waals surface area contributed by atoms with E-state index in [1.807, 2.05) is 13.0 Å². The van der Waals surface area contributed by atoms with E-state index in [9.17, 15) is 4.79 Å². The van der Waals surface area contributed by atoms with E-state index >= 15 is 0 Å². The Bertz CT molecular complexity index is 666. The van der Waals surface area contributed by atoms with E-state index in [0.717, 1.165) is 37.1 Å². The second-order valence-corrected chi connectivity index (χ2v) is 5.13. The van der Waals surface area contributed by atoms with Gasteiger partial charge in [0.2, 0.25) is 5.89 Å². The Morgan fingerprint density at radius 2 is 2.33 bits per heavy atom. The Morgan fingerprint density at radius 3 is 3.05 bits per heavy atom. The van der Waals surface area contributed by atoms with Crippen LogP contribution in [-0.4, -0.2) is 27.8 Å². The molecule has 3 rings (SSSR count). The molecule has 6 heteroatoms. The maximum absolute atomic E-state index is 11.0. The first-order chi connectivity index (χ1) is 10.2. The molecule has 2 aromatic rings. The number of carboxylic acid groups (broad SMARTS) is 1. The van der Waals surface area contributed by atoms with Gasteiger partial charge < -0.3 is 14.5 Å². The molecule has 6 nitrogen and oxygen atoms in total. The van der Waals surface area contributed by atoms with Crippen molar-refractivity contribution in [2.75, 3.05) is 11.4 Å². The number of carbonyl (C=O) groups is 1. The van der Waals surface area contributed by atoms with Gasteiger partial charge in [-0.3, -0.25) is 0 Å². The van der Waals surface area contributed by atoms with Gasteiger partial charge in [-0.15, -0.1) is 0 Å². The predicted molar refractivity (Wildman–Crippen MR) is 76.4 cm³/mol. The normalized spacial score (nSPS) is 14.0. The van der Waals surface area contributed by atoms with Gasteiger partial charge in [-0.25, -0.2) is 4.79 Å². The van der Waals surface area contributed by atoms with Gasteiger partial charge in [0.25, 0.3) is 0 Å². The summed E-state index contributed by atoms with van der Waals surface area (Å²) in [5.41, 5.74) is 2.47. The Labute approximate surface area is 122 Å². The highest BCUT2D eigenvalue weighted by Crippen LogP contribution is 2.29. The fourth-order valence-corrected chi connectivity index (χ4v) is 2.64. The van der Waals surface area contributed by atoms with Crippen LogP contribution in [0.5, 0.6) is 0 Å². The lowest BCUT2D eigenvalue weighted by Gasteiger charge is -2.30. The van der Waals surface area contributed by atoms with Crippen molar-refractivity contribution < 1.29 is 14.4 Å². The second-order valence-electron chi connectivity index (χ2n) is 5.13. The highest BCUT2D eigenvalue weighted by molar-refractivity contribution is 5.88.